The monoisotopic (exact) mass is 450 g/mol. The van der Waals surface area contributed by atoms with Crippen molar-refractivity contribution >= 4 is 18.0 Å². The van der Waals surface area contributed by atoms with Gasteiger partial charge < -0.3 is 9.47 Å². The van der Waals surface area contributed by atoms with E-state index in [1.54, 1.807) is 6.92 Å². The zero-order chi connectivity index (χ0) is 23.2. The van der Waals surface area contributed by atoms with Gasteiger partial charge in [0, 0.05) is 19.3 Å². The fourth-order valence-corrected chi connectivity index (χ4v) is 8.09. The summed E-state index contributed by atoms with van der Waals surface area (Å²) in [6, 6.07) is 10.5. The molecule has 4 aliphatic rings. The zero-order valence-corrected chi connectivity index (χ0v) is 20.3. The average molecular weight is 451 g/mol. The van der Waals surface area contributed by atoms with Crippen molar-refractivity contribution in [1.82, 2.24) is 0 Å². The fourth-order valence-electron chi connectivity index (χ4n) is 8.09. The number of ether oxygens (including phenoxy) is 2. The van der Waals surface area contributed by atoms with Crippen LogP contribution in [0.1, 0.15) is 77.7 Å². The molecular formula is C29H38O4. The number of fused-ring (bicyclic) bond motifs is 4. The molecule has 8 atom stereocenters. The topological polar surface area (TPSA) is 52.6 Å². The van der Waals surface area contributed by atoms with Crippen LogP contribution in [0.2, 0.25) is 0 Å². The Kier molecular flexibility index (Phi) is 6.13. The molecule has 1 aromatic rings. The second-order valence-corrected chi connectivity index (χ2v) is 11.4. The van der Waals surface area contributed by atoms with Crippen LogP contribution in [-0.2, 0) is 19.1 Å². The average Bonchev–Trinajstić information content (AvgIpc) is 3.04. The van der Waals surface area contributed by atoms with E-state index in [2.05, 4.69) is 37.3 Å². The maximum Gasteiger partial charge on any atom is 0.303 e. The van der Waals surface area contributed by atoms with Crippen LogP contribution in [-0.4, -0.2) is 24.1 Å². The van der Waals surface area contributed by atoms with Crippen molar-refractivity contribution in [1.29, 1.82) is 0 Å². The third-order valence-electron chi connectivity index (χ3n) is 9.45. The van der Waals surface area contributed by atoms with Crippen LogP contribution in [0.4, 0.5) is 0 Å². The number of hydrogen-bond acceptors (Lipinski definition) is 4. The Hall–Kier alpha value is -2.10. The van der Waals surface area contributed by atoms with E-state index in [1.807, 2.05) is 6.07 Å². The molecule has 4 saturated carbocycles. The molecule has 0 N–H and O–H groups in total. The summed E-state index contributed by atoms with van der Waals surface area (Å²) in [5.41, 5.74) is 2.51. The number of hydrogen-bond donors (Lipinski definition) is 0. The highest BCUT2D eigenvalue weighted by atomic mass is 16.5. The Morgan fingerprint density at radius 3 is 2.39 bits per heavy atom. The highest BCUT2D eigenvalue weighted by molar-refractivity contribution is 5.67. The van der Waals surface area contributed by atoms with Crippen LogP contribution < -0.4 is 0 Å². The summed E-state index contributed by atoms with van der Waals surface area (Å²) in [6.45, 7) is 5.47. The Balaban J connectivity index is 1.38. The molecule has 0 heterocycles. The normalized spacial score (nSPS) is 40.9. The van der Waals surface area contributed by atoms with Crippen molar-refractivity contribution in [3.8, 4) is 0 Å². The van der Waals surface area contributed by atoms with E-state index in [0.717, 1.165) is 37.5 Å². The molecule has 0 unspecified atom stereocenters. The molecule has 0 bridgehead atoms. The van der Waals surface area contributed by atoms with Gasteiger partial charge >= 0.3 is 11.9 Å². The minimum absolute atomic E-state index is 0.0230. The minimum atomic E-state index is -0.171. The first kappa shape index (κ1) is 22.7. The van der Waals surface area contributed by atoms with E-state index in [-0.39, 0.29) is 29.6 Å². The van der Waals surface area contributed by atoms with Gasteiger partial charge in [-0.15, -0.1) is 0 Å². The molecule has 5 rings (SSSR count). The van der Waals surface area contributed by atoms with Crippen LogP contribution in [0.25, 0.3) is 6.08 Å². The molecule has 1 aromatic carbocycles. The van der Waals surface area contributed by atoms with Gasteiger partial charge in [-0.2, -0.15) is 0 Å². The molecule has 0 amide bonds. The van der Waals surface area contributed by atoms with Crippen LogP contribution in [0.5, 0.6) is 0 Å². The number of esters is 2. The molecule has 4 aliphatic carbocycles. The second kappa shape index (κ2) is 8.92. The summed E-state index contributed by atoms with van der Waals surface area (Å²) < 4.78 is 11.6. The van der Waals surface area contributed by atoms with Crippen LogP contribution in [0.3, 0.4) is 0 Å². The molecule has 0 saturated heterocycles. The highest BCUT2D eigenvalue weighted by Crippen LogP contribution is 2.63. The first-order valence-corrected chi connectivity index (χ1v) is 12.9. The Morgan fingerprint density at radius 1 is 0.909 bits per heavy atom. The van der Waals surface area contributed by atoms with Crippen molar-refractivity contribution in [2.75, 3.05) is 0 Å². The molecule has 178 valence electrons. The maximum absolute atomic E-state index is 12.1. The minimum Gasteiger partial charge on any atom is -0.463 e. The highest BCUT2D eigenvalue weighted by Gasteiger charge is 2.59. The van der Waals surface area contributed by atoms with E-state index >= 15 is 0 Å². The molecule has 0 aromatic heterocycles. The van der Waals surface area contributed by atoms with E-state index in [4.69, 9.17) is 9.47 Å². The summed E-state index contributed by atoms with van der Waals surface area (Å²) in [6.07, 6.45) is 11.5. The number of carbonyl (C=O) groups excluding carboxylic acids is 2. The molecule has 4 fully saturated rings. The SMILES string of the molecule is CC(=O)O[C@@H]1CC[C@@H]2C[C@H]3[C@@H](CC[C@@]4(C)[C@H](OC(C)=O)/C(=C/c5ccccc5)C[C@H]34)C[C@H]2C1. The van der Waals surface area contributed by atoms with Crippen LogP contribution >= 0.6 is 0 Å². The van der Waals surface area contributed by atoms with Gasteiger partial charge in [0.2, 0.25) is 0 Å². The number of benzene rings is 1. The molecule has 0 spiro atoms. The van der Waals surface area contributed by atoms with Gasteiger partial charge in [-0.25, -0.2) is 0 Å². The predicted octanol–water partition coefficient (Wildman–Crippen LogP) is 6.20. The van der Waals surface area contributed by atoms with E-state index in [0.29, 0.717) is 17.8 Å². The standard InChI is InChI=1S/C29H38O4/c1-18(30)32-25-10-9-21-16-26-22(14-23(21)15-25)11-12-29(3)27(26)17-24(28(29)33-19(2)31)13-20-7-5-4-6-8-20/h4-8,13,21-23,25-28H,9-12,14-17H2,1-3H3/b24-13+/t21-,22+,23+,25-,26+,27-,28-,29-/m1/s1. The third-order valence-corrected chi connectivity index (χ3v) is 9.45. The molecule has 33 heavy (non-hydrogen) atoms. The molecule has 4 nitrogen and oxygen atoms in total. The van der Waals surface area contributed by atoms with Crippen molar-refractivity contribution < 1.29 is 19.1 Å². The molecule has 4 heteroatoms. The lowest BCUT2D eigenvalue weighted by atomic mass is 9.52. The van der Waals surface area contributed by atoms with E-state index in [1.165, 1.54) is 43.7 Å². The van der Waals surface area contributed by atoms with Crippen molar-refractivity contribution in [2.24, 2.45) is 35.0 Å². The van der Waals surface area contributed by atoms with Crippen molar-refractivity contribution in [2.45, 2.75) is 84.3 Å². The van der Waals surface area contributed by atoms with Gasteiger partial charge in [0.25, 0.3) is 0 Å². The van der Waals surface area contributed by atoms with Crippen LogP contribution in [0.15, 0.2) is 35.9 Å². The summed E-state index contributed by atoms with van der Waals surface area (Å²) in [5.74, 6) is 3.15. The first-order chi connectivity index (χ1) is 15.8. The van der Waals surface area contributed by atoms with Gasteiger partial charge in [-0.1, -0.05) is 43.3 Å². The predicted molar refractivity (Wildman–Crippen MR) is 128 cm³/mol. The van der Waals surface area contributed by atoms with Crippen molar-refractivity contribution in [3.05, 3.63) is 41.5 Å². The smallest absolute Gasteiger partial charge is 0.303 e. The number of rotatable bonds is 3. The second-order valence-electron chi connectivity index (χ2n) is 11.4. The Labute approximate surface area is 198 Å². The first-order valence-electron chi connectivity index (χ1n) is 12.9. The summed E-state index contributed by atoms with van der Waals surface area (Å²) in [7, 11) is 0. The molecule has 0 aliphatic heterocycles. The largest absolute Gasteiger partial charge is 0.463 e. The Bertz CT molecular complexity index is 921. The van der Waals surface area contributed by atoms with Crippen molar-refractivity contribution in [3.63, 3.8) is 0 Å². The Morgan fingerprint density at radius 2 is 1.67 bits per heavy atom. The maximum atomic E-state index is 12.1. The lowest BCUT2D eigenvalue weighted by molar-refractivity contribution is -0.155. The van der Waals surface area contributed by atoms with Gasteiger partial charge in [0.1, 0.15) is 12.2 Å². The zero-order valence-electron chi connectivity index (χ0n) is 20.3. The molecule has 0 radical (unpaired) electrons. The fraction of sp³-hybridized carbons (Fsp3) is 0.655. The molecular weight excluding hydrogens is 412 g/mol. The third kappa shape index (κ3) is 4.38. The number of carbonyl (C=O) groups is 2. The van der Waals surface area contributed by atoms with Gasteiger partial charge in [0.15, 0.2) is 0 Å². The lowest BCUT2D eigenvalue weighted by Gasteiger charge is -2.54. The lowest BCUT2D eigenvalue weighted by Crippen LogP contribution is -2.49. The summed E-state index contributed by atoms with van der Waals surface area (Å²) in [4.78, 5) is 23.6. The van der Waals surface area contributed by atoms with Crippen LogP contribution in [0, 0.1) is 35.0 Å². The van der Waals surface area contributed by atoms with Gasteiger partial charge in [0.05, 0.1) is 0 Å². The quantitative estimate of drug-likeness (QED) is 0.515. The van der Waals surface area contributed by atoms with Gasteiger partial charge in [-0.3, -0.25) is 9.59 Å². The summed E-state index contributed by atoms with van der Waals surface area (Å²) in [5, 5.41) is 0. The summed E-state index contributed by atoms with van der Waals surface area (Å²) >= 11 is 0. The van der Waals surface area contributed by atoms with E-state index < -0.39 is 0 Å². The van der Waals surface area contributed by atoms with Gasteiger partial charge in [-0.05, 0) is 92.1 Å². The van der Waals surface area contributed by atoms with E-state index in [9.17, 15) is 9.59 Å².